The summed E-state index contributed by atoms with van der Waals surface area (Å²) in [5.41, 5.74) is 5.95. The number of fused-ring (bicyclic) bond motifs is 1. The highest BCUT2D eigenvalue weighted by Crippen LogP contribution is 2.18. The molecule has 0 aromatic carbocycles. The summed E-state index contributed by atoms with van der Waals surface area (Å²) < 4.78 is 2.32. The van der Waals surface area contributed by atoms with Crippen molar-refractivity contribution >= 4 is 11.6 Å². The molecular weight excluding hydrogens is 270 g/mol. The third-order valence-corrected chi connectivity index (χ3v) is 4.08. The molecule has 2 N–H and O–H groups in total. The van der Waals surface area contributed by atoms with E-state index in [1.165, 1.54) is 4.40 Å². The Balaban J connectivity index is 1.76. The summed E-state index contributed by atoms with van der Waals surface area (Å²) in [5.74, 6) is 0.115. The van der Waals surface area contributed by atoms with Gasteiger partial charge in [-0.25, -0.2) is 9.20 Å². The van der Waals surface area contributed by atoms with Crippen LogP contribution in [-0.4, -0.2) is 50.7 Å². The maximum atomic E-state index is 12.3. The second-order valence-electron chi connectivity index (χ2n) is 5.66. The molecule has 0 saturated carbocycles. The van der Waals surface area contributed by atoms with Crippen molar-refractivity contribution in [3.63, 3.8) is 0 Å². The summed E-state index contributed by atoms with van der Waals surface area (Å²) in [5, 5.41) is 4.07. The molecule has 0 bridgehead atoms. The standard InChI is InChI=1S/C14H19N5O2/c1-10(15)11-5-7-17(8-11)9-13(20)19-14(21)18-6-3-2-4-12(18)16-19/h2-4,6,10-11H,5,7-9,15H2,1H3. The van der Waals surface area contributed by atoms with Crippen molar-refractivity contribution in [2.75, 3.05) is 19.6 Å². The summed E-state index contributed by atoms with van der Waals surface area (Å²) in [6, 6.07) is 5.35. The highest BCUT2D eigenvalue weighted by atomic mass is 16.2. The lowest BCUT2D eigenvalue weighted by Crippen LogP contribution is -2.37. The molecule has 0 radical (unpaired) electrons. The number of likely N-dealkylation sites (tertiary alicyclic amines) is 1. The van der Waals surface area contributed by atoms with E-state index in [1.54, 1.807) is 24.4 Å². The lowest BCUT2D eigenvalue weighted by Gasteiger charge is -2.16. The first-order chi connectivity index (χ1) is 10.1. The van der Waals surface area contributed by atoms with Gasteiger partial charge in [0.1, 0.15) is 0 Å². The van der Waals surface area contributed by atoms with E-state index in [0.29, 0.717) is 11.6 Å². The van der Waals surface area contributed by atoms with Crippen LogP contribution < -0.4 is 11.4 Å². The van der Waals surface area contributed by atoms with Gasteiger partial charge in [0.2, 0.25) is 0 Å². The Morgan fingerprint density at radius 1 is 1.52 bits per heavy atom. The second kappa shape index (κ2) is 5.42. The molecule has 1 aliphatic rings. The quantitative estimate of drug-likeness (QED) is 0.846. The average molecular weight is 289 g/mol. The van der Waals surface area contributed by atoms with Crippen LogP contribution >= 0.6 is 0 Å². The molecule has 0 amide bonds. The van der Waals surface area contributed by atoms with Crippen LogP contribution in [0.3, 0.4) is 0 Å². The maximum Gasteiger partial charge on any atom is 0.357 e. The molecule has 3 rings (SSSR count). The Bertz CT molecular complexity index is 717. The van der Waals surface area contributed by atoms with Gasteiger partial charge in [-0.15, -0.1) is 9.78 Å². The van der Waals surface area contributed by atoms with Crippen molar-refractivity contribution in [2.24, 2.45) is 11.7 Å². The molecule has 1 aliphatic heterocycles. The summed E-state index contributed by atoms with van der Waals surface area (Å²) in [6.45, 7) is 3.82. The van der Waals surface area contributed by atoms with Crippen LogP contribution in [0.1, 0.15) is 18.1 Å². The lowest BCUT2D eigenvalue weighted by molar-refractivity contribution is 0.0839. The smallest absolute Gasteiger partial charge is 0.328 e. The first-order valence-electron chi connectivity index (χ1n) is 7.14. The lowest BCUT2D eigenvalue weighted by atomic mass is 10.0. The van der Waals surface area contributed by atoms with E-state index in [0.717, 1.165) is 24.2 Å². The Morgan fingerprint density at radius 2 is 2.33 bits per heavy atom. The van der Waals surface area contributed by atoms with Crippen molar-refractivity contribution in [2.45, 2.75) is 19.4 Å². The minimum atomic E-state index is -0.418. The topological polar surface area (TPSA) is 85.6 Å². The Labute approximate surface area is 122 Å². The van der Waals surface area contributed by atoms with Gasteiger partial charge in [0.05, 0.1) is 6.54 Å². The zero-order valence-electron chi connectivity index (χ0n) is 12.0. The van der Waals surface area contributed by atoms with Gasteiger partial charge in [-0.3, -0.25) is 9.69 Å². The van der Waals surface area contributed by atoms with Crippen LogP contribution in [0, 0.1) is 5.92 Å². The highest BCUT2D eigenvalue weighted by Gasteiger charge is 2.27. The number of carbonyl (C=O) groups is 1. The molecule has 0 aliphatic carbocycles. The zero-order chi connectivity index (χ0) is 15.0. The van der Waals surface area contributed by atoms with E-state index in [4.69, 9.17) is 5.73 Å². The van der Waals surface area contributed by atoms with Crippen molar-refractivity contribution in [3.8, 4) is 0 Å². The van der Waals surface area contributed by atoms with E-state index in [2.05, 4.69) is 5.10 Å². The van der Waals surface area contributed by atoms with Crippen LogP contribution in [0.15, 0.2) is 29.2 Å². The summed E-state index contributed by atoms with van der Waals surface area (Å²) in [4.78, 5) is 26.4. The molecule has 21 heavy (non-hydrogen) atoms. The molecule has 7 heteroatoms. The number of aromatic nitrogens is 3. The Kier molecular flexibility index (Phi) is 3.60. The predicted molar refractivity (Wildman–Crippen MR) is 78.3 cm³/mol. The average Bonchev–Trinajstić information content (AvgIpc) is 3.05. The Morgan fingerprint density at radius 3 is 3.00 bits per heavy atom. The summed E-state index contributed by atoms with van der Waals surface area (Å²) >= 11 is 0. The van der Waals surface area contributed by atoms with Crippen LogP contribution in [-0.2, 0) is 0 Å². The van der Waals surface area contributed by atoms with Gasteiger partial charge in [0, 0.05) is 18.8 Å². The fourth-order valence-electron chi connectivity index (χ4n) is 2.78. The summed E-state index contributed by atoms with van der Waals surface area (Å²) in [7, 11) is 0. The number of hydrogen-bond donors (Lipinski definition) is 1. The molecule has 2 aromatic heterocycles. The fourth-order valence-corrected chi connectivity index (χ4v) is 2.78. The first-order valence-corrected chi connectivity index (χ1v) is 7.14. The molecule has 3 heterocycles. The number of carbonyl (C=O) groups excluding carboxylic acids is 1. The number of nitrogens with zero attached hydrogens (tertiary/aromatic N) is 4. The van der Waals surface area contributed by atoms with Gasteiger partial charge in [0.25, 0.3) is 5.91 Å². The van der Waals surface area contributed by atoms with Crippen molar-refractivity contribution in [1.29, 1.82) is 0 Å². The second-order valence-corrected chi connectivity index (χ2v) is 5.66. The van der Waals surface area contributed by atoms with Crippen LogP contribution in [0.25, 0.3) is 5.65 Å². The largest absolute Gasteiger partial charge is 0.357 e. The van der Waals surface area contributed by atoms with E-state index in [1.807, 2.05) is 11.8 Å². The van der Waals surface area contributed by atoms with Crippen LogP contribution in [0.4, 0.5) is 0 Å². The van der Waals surface area contributed by atoms with Gasteiger partial charge in [-0.1, -0.05) is 6.07 Å². The monoisotopic (exact) mass is 289 g/mol. The first kappa shape index (κ1) is 14.0. The normalized spacial score (nSPS) is 21.0. The van der Waals surface area contributed by atoms with E-state index in [-0.39, 0.29) is 18.5 Å². The maximum absolute atomic E-state index is 12.3. The van der Waals surface area contributed by atoms with E-state index in [9.17, 15) is 9.59 Å². The SMILES string of the molecule is CC(N)C1CCN(CC(=O)n2nc3ccccn3c2=O)C1. The van der Waals surface area contributed by atoms with E-state index < -0.39 is 5.69 Å². The molecule has 1 saturated heterocycles. The van der Waals surface area contributed by atoms with Gasteiger partial charge < -0.3 is 5.73 Å². The number of nitrogens with two attached hydrogens (primary N) is 1. The van der Waals surface area contributed by atoms with Crippen molar-refractivity contribution in [3.05, 3.63) is 34.9 Å². The van der Waals surface area contributed by atoms with Crippen LogP contribution in [0.2, 0.25) is 0 Å². The molecular formula is C14H19N5O2. The number of pyridine rings is 1. The Hall–Kier alpha value is -1.99. The molecule has 0 spiro atoms. The third kappa shape index (κ3) is 2.62. The number of rotatable bonds is 3. The van der Waals surface area contributed by atoms with Gasteiger partial charge in [-0.05, 0) is 37.9 Å². The molecule has 2 aromatic rings. The fraction of sp³-hybridized carbons (Fsp3) is 0.500. The van der Waals surface area contributed by atoms with Gasteiger partial charge in [0.15, 0.2) is 5.65 Å². The molecule has 2 unspecified atom stereocenters. The number of hydrogen-bond acceptors (Lipinski definition) is 5. The van der Waals surface area contributed by atoms with Crippen LogP contribution in [0.5, 0.6) is 0 Å². The zero-order valence-corrected chi connectivity index (χ0v) is 12.0. The molecule has 1 fully saturated rings. The van der Waals surface area contributed by atoms with Crippen molar-refractivity contribution < 1.29 is 4.79 Å². The molecule has 2 atom stereocenters. The third-order valence-electron chi connectivity index (χ3n) is 4.08. The highest BCUT2D eigenvalue weighted by molar-refractivity contribution is 5.80. The van der Waals surface area contributed by atoms with Crippen molar-refractivity contribution in [1.82, 2.24) is 19.1 Å². The summed E-state index contributed by atoms with van der Waals surface area (Å²) in [6.07, 6.45) is 2.60. The van der Waals surface area contributed by atoms with Gasteiger partial charge in [-0.2, -0.15) is 0 Å². The predicted octanol–water partition coefficient (Wildman–Crippen LogP) is -0.195. The minimum Gasteiger partial charge on any atom is -0.328 e. The van der Waals surface area contributed by atoms with Gasteiger partial charge >= 0.3 is 5.69 Å². The van der Waals surface area contributed by atoms with E-state index >= 15 is 0 Å². The molecule has 112 valence electrons. The molecule has 7 nitrogen and oxygen atoms in total. The minimum absolute atomic E-state index is 0.128.